The van der Waals surface area contributed by atoms with Gasteiger partial charge < -0.3 is 5.32 Å². The average molecular weight is 311 g/mol. The number of rotatable bonds is 5. The number of hydrogen-bond donors (Lipinski definition) is 2. The second kappa shape index (κ2) is 8.29. The number of nitrogens with one attached hydrogen (secondary N) is 2. The first-order valence-electron chi connectivity index (χ1n) is 7.33. The van der Waals surface area contributed by atoms with Crippen LogP contribution >= 0.6 is 12.2 Å². The standard InChI is InChI=1S/C18H21N3S/c1-14-8-9-15(2)17(12-14)13-20-21-18(22)19-11-10-16-6-4-3-5-7-16/h3-9,12-13H,10-11H2,1-2H3,(H2,19,21,22)/b20-13-. The van der Waals surface area contributed by atoms with Gasteiger partial charge in [0.25, 0.3) is 0 Å². The van der Waals surface area contributed by atoms with E-state index >= 15 is 0 Å². The van der Waals surface area contributed by atoms with Gasteiger partial charge in [0.05, 0.1) is 6.21 Å². The third-order valence-corrected chi connectivity index (χ3v) is 3.58. The van der Waals surface area contributed by atoms with Gasteiger partial charge in [0, 0.05) is 6.54 Å². The van der Waals surface area contributed by atoms with Crippen molar-refractivity contribution >= 4 is 23.5 Å². The first-order valence-corrected chi connectivity index (χ1v) is 7.74. The average Bonchev–Trinajstić information content (AvgIpc) is 2.52. The number of thiocarbonyl (C=S) groups is 1. The fraction of sp³-hybridized carbons (Fsp3) is 0.222. The molecule has 0 aliphatic heterocycles. The van der Waals surface area contributed by atoms with E-state index in [1.54, 1.807) is 6.21 Å². The highest BCUT2D eigenvalue weighted by Gasteiger charge is 1.96. The fourth-order valence-electron chi connectivity index (χ4n) is 2.06. The van der Waals surface area contributed by atoms with E-state index in [-0.39, 0.29) is 0 Å². The molecule has 22 heavy (non-hydrogen) atoms. The van der Waals surface area contributed by atoms with Gasteiger partial charge in [-0.15, -0.1) is 0 Å². The van der Waals surface area contributed by atoms with Gasteiger partial charge in [-0.1, -0.05) is 54.1 Å². The number of hydrogen-bond acceptors (Lipinski definition) is 2. The third kappa shape index (κ3) is 5.30. The van der Waals surface area contributed by atoms with Crippen LogP contribution in [0.4, 0.5) is 0 Å². The van der Waals surface area contributed by atoms with Gasteiger partial charge in [0.1, 0.15) is 0 Å². The van der Waals surface area contributed by atoms with Crippen molar-refractivity contribution in [3.8, 4) is 0 Å². The Morgan fingerprint density at radius 2 is 1.91 bits per heavy atom. The first kappa shape index (κ1) is 16.2. The maximum Gasteiger partial charge on any atom is 0.186 e. The largest absolute Gasteiger partial charge is 0.361 e. The van der Waals surface area contributed by atoms with Gasteiger partial charge in [0.15, 0.2) is 5.11 Å². The van der Waals surface area contributed by atoms with E-state index in [0.29, 0.717) is 5.11 Å². The summed E-state index contributed by atoms with van der Waals surface area (Å²) in [6.07, 6.45) is 2.73. The topological polar surface area (TPSA) is 36.4 Å². The summed E-state index contributed by atoms with van der Waals surface area (Å²) in [5, 5.41) is 7.88. The monoisotopic (exact) mass is 311 g/mol. The summed E-state index contributed by atoms with van der Waals surface area (Å²) in [6, 6.07) is 16.6. The molecule has 0 radical (unpaired) electrons. The molecule has 0 heterocycles. The van der Waals surface area contributed by atoms with Gasteiger partial charge in [-0.3, -0.25) is 5.43 Å². The molecule has 0 saturated carbocycles. The zero-order valence-corrected chi connectivity index (χ0v) is 13.8. The summed E-state index contributed by atoms with van der Waals surface area (Å²) >= 11 is 5.21. The zero-order chi connectivity index (χ0) is 15.8. The van der Waals surface area contributed by atoms with Gasteiger partial charge in [-0.2, -0.15) is 5.10 Å². The van der Waals surface area contributed by atoms with Crippen LogP contribution in [0.5, 0.6) is 0 Å². The molecule has 2 rings (SSSR count). The molecule has 0 saturated heterocycles. The summed E-state index contributed by atoms with van der Waals surface area (Å²) in [5.41, 5.74) is 7.65. The van der Waals surface area contributed by atoms with Gasteiger partial charge >= 0.3 is 0 Å². The fourth-order valence-corrected chi connectivity index (χ4v) is 2.22. The summed E-state index contributed by atoms with van der Waals surface area (Å²) in [6.45, 7) is 4.92. The van der Waals surface area contributed by atoms with E-state index in [2.05, 4.69) is 60.0 Å². The van der Waals surface area contributed by atoms with Crippen LogP contribution in [0.1, 0.15) is 22.3 Å². The molecule has 0 bridgehead atoms. The lowest BCUT2D eigenvalue weighted by molar-refractivity contribution is 0.838. The van der Waals surface area contributed by atoms with Crippen LogP contribution in [0.2, 0.25) is 0 Å². The molecule has 3 nitrogen and oxygen atoms in total. The maximum atomic E-state index is 5.21. The summed E-state index contributed by atoms with van der Waals surface area (Å²) in [7, 11) is 0. The van der Waals surface area contributed by atoms with Gasteiger partial charge in [0.2, 0.25) is 0 Å². The molecule has 2 aromatic rings. The lowest BCUT2D eigenvalue weighted by atomic mass is 10.1. The Balaban J connectivity index is 1.75. The second-order valence-corrected chi connectivity index (χ2v) is 5.63. The second-order valence-electron chi connectivity index (χ2n) is 5.22. The van der Waals surface area contributed by atoms with Crippen molar-refractivity contribution in [1.29, 1.82) is 0 Å². The quantitative estimate of drug-likeness (QED) is 0.505. The van der Waals surface area contributed by atoms with Crippen LogP contribution in [0, 0.1) is 13.8 Å². The Bertz CT molecular complexity index is 651. The van der Waals surface area contributed by atoms with Crippen molar-refractivity contribution in [3.05, 3.63) is 70.8 Å². The first-order chi connectivity index (χ1) is 10.6. The lowest BCUT2D eigenvalue weighted by Gasteiger charge is -2.07. The number of aryl methyl sites for hydroxylation is 2. The number of hydrazone groups is 1. The smallest absolute Gasteiger partial charge is 0.186 e. The molecule has 0 spiro atoms. The van der Waals surface area contributed by atoms with Crippen molar-refractivity contribution in [2.75, 3.05) is 6.54 Å². The summed E-state index contributed by atoms with van der Waals surface area (Å²) in [4.78, 5) is 0. The molecular formula is C18H21N3S. The van der Waals surface area contributed by atoms with Gasteiger partial charge in [-0.25, -0.2) is 0 Å². The normalized spacial score (nSPS) is 10.6. The van der Waals surface area contributed by atoms with Crippen LogP contribution in [-0.4, -0.2) is 17.9 Å². The predicted octanol–water partition coefficient (Wildman–Crippen LogP) is 3.34. The SMILES string of the molecule is Cc1ccc(C)c(/C=N\NC(=S)NCCc2ccccc2)c1. The Labute approximate surface area is 137 Å². The van der Waals surface area contributed by atoms with Crippen molar-refractivity contribution in [3.63, 3.8) is 0 Å². The van der Waals surface area contributed by atoms with Crippen molar-refractivity contribution in [2.45, 2.75) is 20.3 Å². The molecule has 0 aliphatic rings. The summed E-state index contributed by atoms with van der Waals surface area (Å²) in [5.74, 6) is 0. The highest BCUT2D eigenvalue weighted by atomic mass is 32.1. The van der Waals surface area contributed by atoms with Crippen molar-refractivity contribution in [2.24, 2.45) is 5.10 Å². The molecule has 2 aromatic carbocycles. The van der Waals surface area contributed by atoms with E-state index in [1.807, 2.05) is 18.2 Å². The maximum absolute atomic E-state index is 5.21. The van der Waals surface area contributed by atoms with Crippen LogP contribution in [-0.2, 0) is 6.42 Å². The third-order valence-electron chi connectivity index (χ3n) is 3.35. The predicted molar refractivity (Wildman–Crippen MR) is 97.4 cm³/mol. The number of benzene rings is 2. The highest BCUT2D eigenvalue weighted by molar-refractivity contribution is 7.80. The molecule has 114 valence electrons. The molecule has 2 N–H and O–H groups in total. The molecule has 0 aliphatic carbocycles. The molecule has 4 heteroatoms. The lowest BCUT2D eigenvalue weighted by Crippen LogP contribution is -2.33. The van der Waals surface area contributed by atoms with Gasteiger partial charge in [-0.05, 0) is 49.2 Å². The van der Waals surface area contributed by atoms with E-state index in [1.165, 1.54) is 16.7 Å². The van der Waals surface area contributed by atoms with Crippen molar-refractivity contribution in [1.82, 2.24) is 10.7 Å². The highest BCUT2D eigenvalue weighted by Crippen LogP contribution is 2.07. The van der Waals surface area contributed by atoms with Crippen LogP contribution < -0.4 is 10.7 Å². The minimum atomic E-state index is 0.539. The van der Waals surface area contributed by atoms with E-state index in [9.17, 15) is 0 Å². The summed E-state index contributed by atoms with van der Waals surface area (Å²) < 4.78 is 0. The van der Waals surface area contributed by atoms with Crippen LogP contribution in [0.15, 0.2) is 53.6 Å². The molecule has 0 fully saturated rings. The van der Waals surface area contributed by atoms with E-state index in [4.69, 9.17) is 12.2 Å². The van der Waals surface area contributed by atoms with E-state index in [0.717, 1.165) is 18.5 Å². The molecule has 0 atom stereocenters. The minimum Gasteiger partial charge on any atom is -0.361 e. The number of nitrogens with zero attached hydrogens (tertiary/aromatic N) is 1. The van der Waals surface area contributed by atoms with Crippen LogP contribution in [0.25, 0.3) is 0 Å². The van der Waals surface area contributed by atoms with Crippen molar-refractivity contribution < 1.29 is 0 Å². The Hall–Kier alpha value is -2.20. The van der Waals surface area contributed by atoms with Crippen LogP contribution in [0.3, 0.4) is 0 Å². The Kier molecular flexibility index (Phi) is 6.10. The molecule has 0 aromatic heterocycles. The molecule has 0 amide bonds. The minimum absolute atomic E-state index is 0.539. The Morgan fingerprint density at radius 1 is 1.14 bits per heavy atom. The zero-order valence-electron chi connectivity index (χ0n) is 13.0. The molecule has 0 unspecified atom stereocenters. The Morgan fingerprint density at radius 3 is 2.68 bits per heavy atom. The van der Waals surface area contributed by atoms with E-state index < -0.39 is 0 Å². The molecular weight excluding hydrogens is 290 g/mol.